The van der Waals surface area contributed by atoms with Gasteiger partial charge >= 0.3 is 6.09 Å². The van der Waals surface area contributed by atoms with Gasteiger partial charge in [-0.05, 0) is 36.6 Å². The second-order valence-corrected chi connectivity index (χ2v) is 4.28. The molecule has 0 aliphatic heterocycles. The maximum Gasteiger partial charge on any atom is 0.412 e. The van der Waals surface area contributed by atoms with E-state index in [9.17, 15) is 4.79 Å². The average molecular weight is 291 g/mol. The minimum atomic E-state index is -0.427. The van der Waals surface area contributed by atoms with Crippen molar-refractivity contribution in [1.82, 2.24) is 10.3 Å². The molecule has 0 aliphatic carbocycles. The molecule has 104 valence electrons. The van der Waals surface area contributed by atoms with E-state index in [1.54, 1.807) is 6.07 Å². The van der Waals surface area contributed by atoms with Crippen LogP contribution in [-0.2, 0) is 0 Å². The van der Waals surface area contributed by atoms with Crippen molar-refractivity contribution in [3.05, 3.63) is 42.6 Å². The van der Waals surface area contributed by atoms with Gasteiger partial charge in [-0.15, -0.1) is 12.4 Å². The number of amides is 1. The predicted molar refractivity (Wildman–Crippen MR) is 82.8 cm³/mol. The number of carbonyl (C=O) groups is 1. The Morgan fingerprint density at radius 2 is 2.00 bits per heavy atom. The summed E-state index contributed by atoms with van der Waals surface area (Å²) in [6, 6.07) is 11.7. The number of aromatic amines is 1. The van der Waals surface area contributed by atoms with Crippen molar-refractivity contribution in [3.63, 3.8) is 0 Å². The van der Waals surface area contributed by atoms with Crippen LogP contribution in [0.5, 0.6) is 5.75 Å². The van der Waals surface area contributed by atoms with Crippen molar-refractivity contribution in [1.29, 1.82) is 0 Å². The van der Waals surface area contributed by atoms with E-state index >= 15 is 0 Å². The fourth-order valence-electron chi connectivity index (χ4n) is 2.24. The van der Waals surface area contributed by atoms with Crippen molar-refractivity contribution >= 4 is 40.2 Å². The lowest BCUT2D eigenvalue weighted by Crippen LogP contribution is -2.26. The molecule has 0 unspecified atom stereocenters. The number of carbonyl (C=O) groups excluding carboxylic acids is 1. The van der Waals surface area contributed by atoms with Gasteiger partial charge in [0.05, 0.1) is 0 Å². The van der Waals surface area contributed by atoms with Crippen LogP contribution in [0.1, 0.15) is 6.92 Å². The molecule has 3 aromatic rings. The number of aromatic nitrogens is 1. The van der Waals surface area contributed by atoms with Gasteiger partial charge in [-0.25, -0.2) is 4.79 Å². The number of benzene rings is 2. The van der Waals surface area contributed by atoms with E-state index in [1.807, 2.05) is 43.5 Å². The molecule has 0 radical (unpaired) electrons. The van der Waals surface area contributed by atoms with Gasteiger partial charge in [-0.1, -0.05) is 12.1 Å². The SMILES string of the molecule is CCNC(=O)Oc1cccc2c1ccc1[nH]ccc12.Cl. The van der Waals surface area contributed by atoms with E-state index in [0.717, 1.165) is 21.7 Å². The van der Waals surface area contributed by atoms with Gasteiger partial charge in [0.2, 0.25) is 0 Å². The Labute approximate surface area is 122 Å². The smallest absolute Gasteiger partial charge is 0.410 e. The van der Waals surface area contributed by atoms with Gasteiger partial charge in [0.25, 0.3) is 0 Å². The van der Waals surface area contributed by atoms with Crippen molar-refractivity contribution in [2.24, 2.45) is 0 Å². The zero-order chi connectivity index (χ0) is 13.2. The topological polar surface area (TPSA) is 54.1 Å². The molecule has 2 aromatic carbocycles. The first-order valence-corrected chi connectivity index (χ1v) is 6.24. The molecule has 4 nitrogen and oxygen atoms in total. The van der Waals surface area contributed by atoms with E-state index in [-0.39, 0.29) is 12.4 Å². The van der Waals surface area contributed by atoms with Gasteiger partial charge in [0, 0.05) is 29.0 Å². The molecule has 0 bridgehead atoms. The number of halogens is 1. The van der Waals surface area contributed by atoms with Crippen LogP contribution in [0.3, 0.4) is 0 Å². The normalized spacial score (nSPS) is 10.2. The summed E-state index contributed by atoms with van der Waals surface area (Å²) < 4.78 is 5.33. The Morgan fingerprint density at radius 1 is 1.15 bits per heavy atom. The van der Waals surface area contributed by atoms with Gasteiger partial charge in [0.1, 0.15) is 5.75 Å². The van der Waals surface area contributed by atoms with Crippen LogP contribution in [0.25, 0.3) is 21.7 Å². The molecule has 1 amide bonds. The third kappa shape index (κ3) is 2.42. The highest BCUT2D eigenvalue weighted by atomic mass is 35.5. The van der Waals surface area contributed by atoms with Crippen molar-refractivity contribution in [3.8, 4) is 5.75 Å². The van der Waals surface area contributed by atoms with E-state index < -0.39 is 6.09 Å². The Morgan fingerprint density at radius 3 is 2.80 bits per heavy atom. The summed E-state index contributed by atoms with van der Waals surface area (Å²) in [6.45, 7) is 2.40. The van der Waals surface area contributed by atoms with Crippen LogP contribution in [0.4, 0.5) is 4.79 Å². The van der Waals surface area contributed by atoms with Gasteiger partial charge in [0.15, 0.2) is 0 Å². The Bertz CT molecular complexity index is 752. The minimum Gasteiger partial charge on any atom is -0.410 e. The molecule has 0 spiro atoms. The summed E-state index contributed by atoms with van der Waals surface area (Å²) in [4.78, 5) is 14.7. The summed E-state index contributed by atoms with van der Waals surface area (Å²) >= 11 is 0. The largest absolute Gasteiger partial charge is 0.412 e. The number of rotatable bonds is 2. The zero-order valence-electron chi connectivity index (χ0n) is 11.0. The molecule has 1 heterocycles. The van der Waals surface area contributed by atoms with Crippen LogP contribution in [-0.4, -0.2) is 17.6 Å². The maximum atomic E-state index is 11.5. The van der Waals surface area contributed by atoms with Gasteiger partial charge in [-0.2, -0.15) is 0 Å². The van der Waals surface area contributed by atoms with Crippen molar-refractivity contribution in [2.75, 3.05) is 6.54 Å². The molecule has 5 heteroatoms. The lowest BCUT2D eigenvalue weighted by molar-refractivity contribution is 0.201. The first-order valence-electron chi connectivity index (χ1n) is 6.24. The number of hydrogen-bond acceptors (Lipinski definition) is 2. The van der Waals surface area contributed by atoms with E-state index in [0.29, 0.717) is 12.3 Å². The average Bonchev–Trinajstić information content (AvgIpc) is 2.88. The first-order chi connectivity index (χ1) is 9.29. The number of ether oxygens (including phenoxy) is 1. The predicted octanol–water partition coefficient (Wildman–Crippen LogP) is 3.85. The van der Waals surface area contributed by atoms with Crippen LogP contribution in [0.2, 0.25) is 0 Å². The summed E-state index contributed by atoms with van der Waals surface area (Å²) in [6.07, 6.45) is 1.48. The molecule has 3 rings (SSSR count). The summed E-state index contributed by atoms with van der Waals surface area (Å²) in [5.41, 5.74) is 1.07. The number of hydrogen-bond donors (Lipinski definition) is 2. The highest BCUT2D eigenvalue weighted by Gasteiger charge is 2.09. The lowest BCUT2D eigenvalue weighted by Gasteiger charge is -2.08. The van der Waals surface area contributed by atoms with Gasteiger partial charge in [-0.3, -0.25) is 0 Å². The van der Waals surface area contributed by atoms with E-state index in [1.165, 1.54) is 0 Å². The quantitative estimate of drug-likeness (QED) is 0.753. The Balaban J connectivity index is 0.00000147. The van der Waals surface area contributed by atoms with Crippen LogP contribution < -0.4 is 10.1 Å². The molecule has 0 saturated heterocycles. The van der Waals surface area contributed by atoms with Crippen molar-refractivity contribution in [2.45, 2.75) is 6.92 Å². The summed E-state index contributed by atoms with van der Waals surface area (Å²) in [5.74, 6) is 0.576. The molecule has 0 saturated carbocycles. The molecular formula is C15H15ClN2O2. The minimum absolute atomic E-state index is 0. The van der Waals surface area contributed by atoms with Crippen LogP contribution in [0, 0.1) is 0 Å². The second kappa shape index (κ2) is 5.84. The molecule has 0 aliphatic rings. The highest BCUT2D eigenvalue weighted by molar-refractivity contribution is 6.08. The van der Waals surface area contributed by atoms with E-state index in [4.69, 9.17) is 4.74 Å². The maximum absolute atomic E-state index is 11.5. The zero-order valence-corrected chi connectivity index (χ0v) is 11.8. The monoisotopic (exact) mass is 290 g/mol. The summed E-state index contributed by atoms with van der Waals surface area (Å²) in [7, 11) is 0. The second-order valence-electron chi connectivity index (χ2n) is 4.28. The number of nitrogens with one attached hydrogen (secondary N) is 2. The summed E-state index contributed by atoms with van der Waals surface area (Å²) in [5, 5.41) is 5.75. The van der Waals surface area contributed by atoms with Crippen LogP contribution >= 0.6 is 12.4 Å². The fraction of sp³-hybridized carbons (Fsp3) is 0.133. The Hall–Kier alpha value is -2.20. The lowest BCUT2D eigenvalue weighted by atomic mass is 10.1. The first kappa shape index (κ1) is 14.2. The number of fused-ring (bicyclic) bond motifs is 3. The van der Waals surface area contributed by atoms with Crippen LogP contribution in [0.15, 0.2) is 42.6 Å². The molecule has 0 atom stereocenters. The molecule has 2 N–H and O–H groups in total. The standard InChI is InChI=1S/C15H14N2O2.ClH/c1-2-16-15(18)19-14-5-3-4-10-11-8-9-17-13(11)7-6-12(10)14;/h3-9,17H,2H2,1H3,(H,16,18);1H. The third-order valence-corrected chi connectivity index (χ3v) is 3.08. The molecular weight excluding hydrogens is 276 g/mol. The molecule has 20 heavy (non-hydrogen) atoms. The van der Waals surface area contributed by atoms with E-state index in [2.05, 4.69) is 10.3 Å². The molecule has 1 aromatic heterocycles. The van der Waals surface area contributed by atoms with Gasteiger partial charge < -0.3 is 15.0 Å². The highest BCUT2D eigenvalue weighted by Crippen LogP contribution is 2.31. The fourth-order valence-corrected chi connectivity index (χ4v) is 2.24. The third-order valence-electron chi connectivity index (χ3n) is 3.08. The molecule has 0 fully saturated rings. The Kier molecular flexibility index (Phi) is 4.15. The van der Waals surface area contributed by atoms with Crippen molar-refractivity contribution < 1.29 is 9.53 Å². The number of H-pyrrole nitrogens is 1.